The Kier molecular flexibility index (Phi) is 11.8. The van der Waals surface area contributed by atoms with Crippen LogP contribution in [0.4, 0.5) is 0 Å². The number of aryl methyl sites for hydroxylation is 1. The van der Waals surface area contributed by atoms with Gasteiger partial charge in [0.05, 0.1) is 36.9 Å². The Bertz CT molecular complexity index is 2130. The van der Waals surface area contributed by atoms with E-state index >= 15 is 0 Å². The van der Waals surface area contributed by atoms with Crippen LogP contribution in [0.3, 0.4) is 0 Å². The van der Waals surface area contributed by atoms with Crippen molar-refractivity contribution >= 4 is 39.2 Å². The summed E-state index contributed by atoms with van der Waals surface area (Å²) in [6.07, 6.45) is 8.24. The van der Waals surface area contributed by atoms with E-state index in [1.165, 1.54) is 0 Å². The van der Waals surface area contributed by atoms with Crippen molar-refractivity contribution in [2.45, 2.75) is 32.4 Å². The number of carbonyl (C=O) groups excluding carboxylic acids is 1. The molecule has 2 aromatic carbocycles. The Morgan fingerprint density at radius 1 is 1.10 bits per heavy atom. The zero-order valence-corrected chi connectivity index (χ0v) is 30.3. The Labute approximate surface area is 300 Å². The molecule has 256 valence electrons. The third-order valence-electron chi connectivity index (χ3n) is 8.72. The Morgan fingerprint density at radius 2 is 1.86 bits per heavy atom. The SMILES string of the molecule is COc1cc(-c2cn(C)c(=O)c3cnccc23)cc(OC)c1CN(C)Cc1ccc(CCNC=O)c(C(C)/C(C#N)=C/c2cccc(Br)n2)c1. The standard InChI is InChI=1S/C39H39BrN6O4/c1-25(29(19-41)16-30-7-6-8-38(40)44-30)32-15-26(9-10-27(32)11-13-43-24-47)21-45(2)22-35-36(49-4)17-28(18-37(35)50-5)34-23-46(3)39(48)33-20-42-14-12-31(33)34/h6-10,12,14-18,20,23-25H,11,13,21-22H2,1-5H3,(H,43,47)/b29-16+. The van der Waals surface area contributed by atoms with Crippen molar-refractivity contribution in [1.82, 2.24) is 24.8 Å². The second-order valence-electron chi connectivity index (χ2n) is 12.1. The fourth-order valence-corrected chi connectivity index (χ4v) is 6.56. The lowest BCUT2D eigenvalue weighted by Crippen LogP contribution is -2.19. The lowest BCUT2D eigenvalue weighted by atomic mass is 9.87. The first kappa shape index (κ1) is 36.0. The average molecular weight is 736 g/mol. The lowest BCUT2D eigenvalue weighted by molar-refractivity contribution is -0.109. The number of allylic oxidation sites excluding steroid dienone is 1. The van der Waals surface area contributed by atoms with E-state index in [1.807, 2.05) is 62.6 Å². The van der Waals surface area contributed by atoms with Gasteiger partial charge in [-0.05, 0) is 93.4 Å². The van der Waals surface area contributed by atoms with Crippen LogP contribution in [0.1, 0.15) is 40.8 Å². The number of aromatic nitrogens is 3. The summed E-state index contributed by atoms with van der Waals surface area (Å²) in [6, 6.07) is 20.1. The molecule has 1 unspecified atom stereocenters. The first-order chi connectivity index (χ1) is 24.2. The van der Waals surface area contributed by atoms with Crippen LogP contribution in [0.5, 0.6) is 11.5 Å². The fourth-order valence-electron chi connectivity index (χ4n) is 6.20. The first-order valence-corrected chi connectivity index (χ1v) is 16.9. The molecule has 0 aliphatic carbocycles. The van der Waals surface area contributed by atoms with Gasteiger partial charge in [-0.1, -0.05) is 31.2 Å². The second-order valence-corrected chi connectivity index (χ2v) is 12.9. The van der Waals surface area contributed by atoms with Crippen LogP contribution >= 0.6 is 15.9 Å². The van der Waals surface area contributed by atoms with E-state index < -0.39 is 0 Å². The quantitative estimate of drug-likeness (QED) is 0.0602. The van der Waals surface area contributed by atoms with Crippen molar-refractivity contribution < 1.29 is 14.3 Å². The van der Waals surface area contributed by atoms with Crippen LogP contribution in [0.15, 0.2) is 88.2 Å². The fraction of sp³-hybridized carbons (Fsp3) is 0.256. The van der Waals surface area contributed by atoms with Crippen molar-refractivity contribution in [3.63, 3.8) is 0 Å². The van der Waals surface area contributed by atoms with Crippen molar-refractivity contribution in [2.24, 2.45) is 7.05 Å². The number of hydrogen-bond donors (Lipinski definition) is 1. The lowest BCUT2D eigenvalue weighted by Gasteiger charge is -2.23. The van der Waals surface area contributed by atoms with Gasteiger partial charge in [0, 0.05) is 62.3 Å². The minimum Gasteiger partial charge on any atom is -0.496 e. The summed E-state index contributed by atoms with van der Waals surface area (Å²) in [4.78, 5) is 34.6. The number of rotatable bonds is 14. The first-order valence-electron chi connectivity index (χ1n) is 16.1. The van der Waals surface area contributed by atoms with Crippen molar-refractivity contribution in [2.75, 3.05) is 27.8 Å². The summed E-state index contributed by atoms with van der Waals surface area (Å²) in [6.45, 7) is 3.65. The van der Waals surface area contributed by atoms with Crippen LogP contribution in [0.25, 0.3) is 28.0 Å². The van der Waals surface area contributed by atoms with E-state index in [4.69, 9.17) is 9.47 Å². The number of halogens is 1. The Hall–Kier alpha value is -5.31. The molecule has 0 aliphatic rings. The van der Waals surface area contributed by atoms with Gasteiger partial charge in [-0.3, -0.25) is 19.5 Å². The second kappa shape index (κ2) is 16.4. The van der Waals surface area contributed by atoms with Crippen molar-refractivity contribution in [1.29, 1.82) is 5.26 Å². The molecule has 0 aliphatic heterocycles. The van der Waals surface area contributed by atoms with Gasteiger partial charge in [0.2, 0.25) is 6.41 Å². The summed E-state index contributed by atoms with van der Waals surface area (Å²) in [5.74, 6) is 1.12. The summed E-state index contributed by atoms with van der Waals surface area (Å²) in [7, 11) is 7.04. The number of nitrogens with one attached hydrogen (secondary N) is 1. The summed E-state index contributed by atoms with van der Waals surface area (Å²) >= 11 is 3.41. The number of nitrogens with zero attached hydrogens (tertiary/aromatic N) is 5. The van der Waals surface area contributed by atoms with Crippen LogP contribution in [-0.2, 0) is 31.4 Å². The predicted molar refractivity (Wildman–Crippen MR) is 199 cm³/mol. The van der Waals surface area contributed by atoms with Gasteiger partial charge in [0.15, 0.2) is 0 Å². The zero-order chi connectivity index (χ0) is 35.8. The van der Waals surface area contributed by atoms with E-state index in [2.05, 4.69) is 60.4 Å². The number of hydrogen-bond acceptors (Lipinski definition) is 8. The maximum Gasteiger partial charge on any atom is 0.259 e. The molecule has 3 heterocycles. The zero-order valence-electron chi connectivity index (χ0n) is 28.7. The van der Waals surface area contributed by atoms with E-state index in [0.717, 1.165) is 38.8 Å². The van der Waals surface area contributed by atoms with Crippen LogP contribution in [0.2, 0.25) is 0 Å². The molecule has 0 fully saturated rings. The van der Waals surface area contributed by atoms with Gasteiger partial charge in [-0.2, -0.15) is 5.26 Å². The van der Waals surface area contributed by atoms with E-state index in [1.54, 1.807) is 38.2 Å². The number of carbonyl (C=O) groups is 1. The molecule has 50 heavy (non-hydrogen) atoms. The number of benzene rings is 2. The van der Waals surface area contributed by atoms with Gasteiger partial charge in [0.1, 0.15) is 16.1 Å². The maximum absolute atomic E-state index is 12.8. The molecule has 0 bridgehead atoms. The van der Waals surface area contributed by atoms with Crippen LogP contribution < -0.4 is 20.3 Å². The molecular weight excluding hydrogens is 696 g/mol. The summed E-state index contributed by atoms with van der Waals surface area (Å²) < 4.78 is 14.1. The van der Waals surface area contributed by atoms with Crippen LogP contribution in [0, 0.1) is 11.3 Å². The highest BCUT2D eigenvalue weighted by Gasteiger charge is 2.20. The molecule has 1 amide bonds. The highest BCUT2D eigenvalue weighted by Crippen LogP contribution is 2.38. The molecule has 0 saturated heterocycles. The van der Waals surface area contributed by atoms with E-state index in [0.29, 0.717) is 65.2 Å². The molecule has 0 radical (unpaired) electrons. The van der Waals surface area contributed by atoms with Gasteiger partial charge < -0.3 is 19.4 Å². The average Bonchev–Trinajstić information content (AvgIpc) is 3.12. The maximum atomic E-state index is 12.8. The minimum absolute atomic E-state index is 0.112. The van der Waals surface area contributed by atoms with Gasteiger partial charge in [0.25, 0.3) is 5.56 Å². The monoisotopic (exact) mass is 734 g/mol. The predicted octanol–water partition coefficient (Wildman–Crippen LogP) is 6.41. The van der Waals surface area contributed by atoms with Crippen molar-refractivity contribution in [3.8, 4) is 28.7 Å². The third kappa shape index (κ3) is 8.10. The van der Waals surface area contributed by atoms with Gasteiger partial charge in [-0.25, -0.2) is 4.98 Å². The molecule has 1 N–H and O–H groups in total. The molecule has 10 nitrogen and oxygen atoms in total. The molecule has 0 saturated carbocycles. The summed E-state index contributed by atoms with van der Waals surface area (Å²) in [5.41, 5.74) is 6.92. The molecule has 5 rings (SSSR count). The normalized spacial score (nSPS) is 12.1. The largest absolute Gasteiger partial charge is 0.496 e. The number of nitriles is 1. The smallest absolute Gasteiger partial charge is 0.259 e. The molecule has 11 heteroatoms. The molecule has 5 aromatic rings. The number of methoxy groups -OCH3 is 2. The Balaban J connectivity index is 1.45. The van der Waals surface area contributed by atoms with Crippen molar-refractivity contribution in [3.05, 3.63) is 122 Å². The third-order valence-corrected chi connectivity index (χ3v) is 9.16. The number of ether oxygens (including phenoxy) is 2. The summed E-state index contributed by atoms with van der Waals surface area (Å²) in [5, 5.41) is 14.3. The highest BCUT2D eigenvalue weighted by atomic mass is 79.9. The molecule has 1 atom stereocenters. The minimum atomic E-state index is -0.214. The number of pyridine rings is 3. The Morgan fingerprint density at radius 3 is 2.54 bits per heavy atom. The topological polar surface area (TPSA) is 122 Å². The van der Waals surface area contributed by atoms with Gasteiger partial charge >= 0.3 is 0 Å². The van der Waals surface area contributed by atoms with Gasteiger partial charge in [-0.15, -0.1) is 0 Å². The molecular formula is C39H39BrN6O4. The number of fused-ring (bicyclic) bond motifs is 1. The number of amides is 1. The molecule has 0 spiro atoms. The van der Waals surface area contributed by atoms with Crippen LogP contribution in [-0.4, -0.2) is 53.7 Å². The molecule has 3 aromatic heterocycles. The highest BCUT2D eigenvalue weighted by molar-refractivity contribution is 9.10. The van der Waals surface area contributed by atoms with E-state index in [-0.39, 0.29) is 11.5 Å². The van der Waals surface area contributed by atoms with E-state index in [9.17, 15) is 14.9 Å².